The highest BCUT2D eigenvalue weighted by atomic mass is 16.5. The molecule has 0 radical (unpaired) electrons. The monoisotopic (exact) mass is 418 g/mol. The van der Waals surface area contributed by atoms with Crippen LogP contribution < -0.4 is 10.1 Å². The highest BCUT2D eigenvalue weighted by Gasteiger charge is 2.33. The van der Waals surface area contributed by atoms with Gasteiger partial charge in [-0.05, 0) is 76.4 Å². The lowest BCUT2D eigenvalue weighted by Crippen LogP contribution is -2.43. The zero-order valence-corrected chi connectivity index (χ0v) is 19.4. The van der Waals surface area contributed by atoms with Crippen LogP contribution in [-0.2, 0) is 9.53 Å². The largest absolute Gasteiger partial charge is 0.494 e. The van der Waals surface area contributed by atoms with E-state index in [9.17, 15) is 4.79 Å². The van der Waals surface area contributed by atoms with Crippen molar-refractivity contribution in [2.24, 2.45) is 0 Å². The number of ether oxygens (including phenoxy) is 2. The van der Waals surface area contributed by atoms with Crippen molar-refractivity contribution in [3.8, 4) is 5.75 Å². The molecule has 1 saturated heterocycles. The van der Waals surface area contributed by atoms with E-state index >= 15 is 0 Å². The van der Waals surface area contributed by atoms with Gasteiger partial charge < -0.3 is 19.7 Å². The number of hydrogen-bond acceptors (Lipinski definition) is 4. The minimum absolute atomic E-state index is 0.0674. The Kier molecular flexibility index (Phi) is 11.2. The second-order valence-corrected chi connectivity index (χ2v) is 8.62. The Morgan fingerprint density at radius 2 is 1.73 bits per heavy atom. The average molecular weight is 419 g/mol. The molecule has 170 valence electrons. The lowest BCUT2D eigenvalue weighted by atomic mass is 9.96. The van der Waals surface area contributed by atoms with Crippen molar-refractivity contribution in [2.75, 3.05) is 38.2 Å². The predicted octanol–water partition coefficient (Wildman–Crippen LogP) is 5.65. The molecule has 1 N–H and O–H groups in total. The van der Waals surface area contributed by atoms with E-state index < -0.39 is 5.60 Å². The Balaban J connectivity index is 1.78. The summed E-state index contributed by atoms with van der Waals surface area (Å²) in [6.45, 7) is 11.0. The van der Waals surface area contributed by atoms with Crippen LogP contribution in [-0.4, -0.2) is 49.3 Å². The molecule has 1 amide bonds. The van der Waals surface area contributed by atoms with Crippen molar-refractivity contribution in [1.82, 2.24) is 4.90 Å². The number of carbonyl (C=O) groups is 1. The molecule has 1 atom stereocenters. The molecule has 0 aromatic heterocycles. The van der Waals surface area contributed by atoms with Gasteiger partial charge in [-0.15, -0.1) is 0 Å². The lowest BCUT2D eigenvalue weighted by Gasteiger charge is -2.28. The van der Waals surface area contributed by atoms with E-state index in [2.05, 4.69) is 24.1 Å². The molecule has 1 aromatic carbocycles. The number of piperidine rings is 1. The van der Waals surface area contributed by atoms with E-state index in [1.807, 2.05) is 31.2 Å². The van der Waals surface area contributed by atoms with Gasteiger partial charge in [0.2, 0.25) is 0 Å². The molecule has 30 heavy (non-hydrogen) atoms. The Morgan fingerprint density at radius 3 is 2.40 bits per heavy atom. The highest BCUT2D eigenvalue weighted by Crippen LogP contribution is 2.24. The maximum Gasteiger partial charge on any atom is 0.256 e. The van der Waals surface area contributed by atoms with E-state index in [1.165, 1.54) is 32.4 Å². The Morgan fingerprint density at radius 1 is 1.00 bits per heavy atom. The van der Waals surface area contributed by atoms with Crippen molar-refractivity contribution >= 4 is 11.6 Å². The minimum atomic E-state index is -0.783. The van der Waals surface area contributed by atoms with Crippen molar-refractivity contribution in [1.29, 1.82) is 0 Å². The van der Waals surface area contributed by atoms with Crippen LogP contribution in [0.2, 0.25) is 0 Å². The summed E-state index contributed by atoms with van der Waals surface area (Å²) in [5, 5.41) is 3.03. The molecule has 0 spiro atoms. The third-order valence-corrected chi connectivity index (χ3v) is 5.81. The first-order chi connectivity index (χ1) is 14.6. The predicted molar refractivity (Wildman–Crippen MR) is 124 cm³/mol. The fourth-order valence-electron chi connectivity index (χ4n) is 3.85. The number of nitrogens with zero attached hydrogens (tertiary/aromatic N) is 1. The second-order valence-electron chi connectivity index (χ2n) is 8.62. The van der Waals surface area contributed by atoms with Crippen LogP contribution in [0.1, 0.15) is 78.6 Å². The normalized spacial score (nSPS) is 16.8. The third-order valence-electron chi connectivity index (χ3n) is 5.81. The van der Waals surface area contributed by atoms with E-state index in [4.69, 9.17) is 9.47 Å². The molecule has 0 aliphatic carbocycles. The van der Waals surface area contributed by atoms with Gasteiger partial charge in [-0.25, -0.2) is 0 Å². The summed E-state index contributed by atoms with van der Waals surface area (Å²) in [5.74, 6) is 0.779. The van der Waals surface area contributed by atoms with Crippen molar-refractivity contribution in [2.45, 2.75) is 84.2 Å². The summed E-state index contributed by atoms with van der Waals surface area (Å²) in [5.41, 5.74) is -0.00286. The average Bonchev–Trinajstić information content (AvgIpc) is 2.77. The zero-order valence-electron chi connectivity index (χ0n) is 19.4. The fraction of sp³-hybridized carbons (Fsp3) is 0.720. The highest BCUT2D eigenvalue weighted by molar-refractivity contribution is 5.97. The molecule has 1 fully saturated rings. The SMILES string of the molecule is CCCCC[C@](C)(OCCC)C(=O)Nc1ccc(OCCCN2CCCCC2)cc1. The van der Waals surface area contributed by atoms with Gasteiger partial charge in [-0.3, -0.25) is 4.79 Å². The topological polar surface area (TPSA) is 50.8 Å². The first kappa shape index (κ1) is 24.7. The number of benzene rings is 1. The first-order valence-corrected chi connectivity index (χ1v) is 12.0. The maximum absolute atomic E-state index is 12.9. The van der Waals surface area contributed by atoms with Gasteiger partial charge in [0.1, 0.15) is 11.4 Å². The summed E-state index contributed by atoms with van der Waals surface area (Å²) in [7, 11) is 0. The molecule has 0 unspecified atom stereocenters. The Labute approximate surface area is 183 Å². The Hall–Kier alpha value is -1.59. The summed E-state index contributed by atoms with van der Waals surface area (Å²) in [4.78, 5) is 15.4. The van der Waals surface area contributed by atoms with E-state index in [1.54, 1.807) is 0 Å². The van der Waals surface area contributed by atoms with Crippen LogP contribution in [0.25, 0.3) is 0 Å². The number of hydrogen-bond donors (Lipinski definition) is 1. The van der Waals surface area contributed by atoms with Gasteiger partial charge >= 0.3 is 0 Å². The fourth-order valence-corrected chi connectivity index (χ4v) is 3.85. The summed E-state index contributed by atoms with van der Waals surface area (Å²) in [6.07, 6.45) is 9.96. The number of anilines is 1. The van der Waals surface area contributed by atoms with E-state index in [-0.39, 0.29) is 5.91 Å². The molecule has 2 rings (SSSR count). The van der Waals surface area contributed by atoms with E-state index in [0.29, 0.717) is 6.61 Å². The molecule has 5 heteroatoms. The van der Waals surface area contributed by atoms with Crippen molar-refractivity contribution < 1.29 is 14.3 Å². The molecular weight excluding hydrogens is 376 g/mol. The van der Waals surface area contributed by atoms with Crippen LogP contribution in [0, 0.1) is 0 Å². The van der Waals surface area contributed by atoms with Gasteiger partial charge in [0.25, 0.3) is 5.91 Å². The minimum Gasteiger partial charge on any atom is -0.494 e. The van der Waals surface area contributed by atoms with E-state index in [0.717, 1.165) is 63.1 Å². The number of carbonyl (C=O) groups excluding carboxylic acids is 1. The molecule has 0 saturated carbocycles. The quantitative estimate of drug-likeness (QED) is 0.397. The van der Waals surface area contributed by atoms with Crippen LogP contribution in [0.4, 0.5) is 5.69 Å². The second kappa shape index (κ2) is 13.7. The van der Waals surface area contributed by atoms with Gasteiger partial charge in [-0.1, -0.05) is 39.5 Å². The summed E-state index contributed by atoms with van der Waals surface area (Å²) in [6, 6.07) is 7.67. The number of amides is 1. The number of likely N-dealkylation sites (tertiary alicyclic amines) is 1. The molecule has 1 heterocycles. The molecular formula is C25H42N2O3. The van der Waals surface area contributed by atoms with Crippen molar-refractivity contribution in [3.05, 3.63) is 24.3 Å². The molecule has 5 nitrogen and oxygen atoms in total. The summed E-state index contributed by atoms with van der Waals surface area (Å²) >= 11 is 0. The van der Waals surface area contributed by atoms with Crippen LogP contribution in [0.5, 0.6) is 5.75 Å². The first-order valence-electron chi connectivity index (χ1n) is 12.0. The van der Waals surface area contributed by atoms with Gasteiger partial charge in [0.15, 0.2) is 0 Å². The smallest absolute Gasteiger partial charge is 0.256 e. The third kappa shape index (κ3) is 8.65. The standard InChI is InChI=1S/C25H42N2O3/c1-4-6-8-16-25(3,30-20-5-2)24(28)26-22-12-14-23(15-13-22)29-21-11-19-27-17-9-7-10-18-27/h12-15H,4-11,16-21H2,1-3H3,(H,26,28)/t25-/m0/s1. The summed E-state index contributed by atoms with van der Waals surface area (Å²) < 4.78 is 11.8. The van der Waals surface area contributed by atoms with Crippen molar-refractivity contribution in [3.63, 3.8) is 0 Å². The number of rotatable bonds is 14. The van der Waals surface area contributed by atoms with Crippen LogP contribution >= 0.6 is 0 Å². The molecule has 0 bridgehead atoms. The van der Waals surface area contributed by atoms with Gasteiger partial charge in [-0.2, -0.15) is 0 Å². The van der Waals surface area contributed by atoms with Gasteiger partial charge in [0.05, 0.1) is 6.61 Å². The zero-order chi connectivity index (χ0) is 21.7. The lowest BCUT2D eigenvalue weighted by molar-refractivity contribution is -0.140. The number of nitrogens with one attached hydrogen (secondary N) is 1. The molecule has 1 aliphatic heterocycles. The number of unbranched alkanes of at least 4 members (excludes halogenated alkanes) is 2. The maximum atomic E-state index is 12.9. The Bertz CT molecular complexity index is 599. The molecule has 1 aliphatic rings. The van der Waals surface area contributed by atoms with Crippen LogP contribution in [0.15, 0.2) is 24.3 Å². The molecule has 1 aromatic rings. The van der Waals surface area contributed by atoms with Gasteiger partial charge in [0, 0.05) is 18.8 Å². The van der Waals surface area contributed by atoms with Crippen LogP contribution in [0.3, 0.4) is 0 Å².